The summed E-state index contributed by atoms with van der Waals surface area (Å²) in [5.41, 5.74) is 2.74. The van der Waals surface area contributed by atoms with Crippen LogP contribution in [0.15, 0.2) is 40.9 Å². The molecular formula is C16H12BrClN2O. The van der Waals surface area contributed by atoms with E-state index >= 15 is 0 Å². The van der Waals surface area contributed by atoms with Crippen LogP contribution < -0.4 is 4.74 Å². The van der Waals surface area contributed by atoms with E-state index in [9.17, 15) is 0 Å². The number of fused-ring (bicyclic) bond motifs is 1. The Balaban J connectivity index is 2.28. The fourth-order valence-electron chi connectivity index (χ4n) is 2.18. The number of aromatic nitrogens is 2. The zero-order chi connectivity index (χ0) is 15.0. The zero-order valence-corrected chi connectivity index (χ0v) is 13.9. The first-order valence-corrected chi connectivity index (χ1v) is 7.53. The van der Waals surface area contributed by atoms with Crippen molar-refractivity contribution in [1.29, 1.82) is 0 Å². The first-order chi connectivity index (χ1) is 10.1. The van der Waals surface area contributed by atoms with Gasteiger partial charge in [0.2, 0.25) is 0 Å². The van der Waals surface area contributed by atoms with Gasteiger partial charge in [-0.15, -0.1) is 0 Å². The molecule has 0 spiro atoms. The van der Waals surface area contributed by atoms with Gasteiger partial charge in [-0.3, -0.25) is 0 Å². The van der Waals surface area contributed by atoms with Crippen molar-refractivity contribution in [2.45, 2.75) is 6.92 Å². The summed E-state index contributed by atoms with van der Waals surface area (Å²) in [6.07, 6.45) is 0. The summed E-state index contributed by atoms with van der Waals surface area (Å²) in [5, 5.41) is 1.27. The molecule has 0 atom stereocenters. The second-order valence-corrected chi connectivity index (χ2v) is 5.98. The normalized spacial score (nSPS) is 10.9. The summed E-state index contributed by atoms with van der Waals surface area (Å²) < 4.78 is 6.35. The van der Waals surface area contributed by atoms with Gasteiger partial charge in [-0.05, 0) is 37.3 Å². The monoisotopic (exact) mass is 362 g/mol. The summed E-state index contributed by atoms with van der Waals surface area (Å²) in [6, 6.07) is 11.6. The minimum Gasteiger partial charge on any atom is -0.496 e. The van der Waals surface area contributed by atoms with Gasteiger partial charge >= 0.3 is 0 Å². The zero-order valence-electron chi connectivity index (χ0n) is 11.5. The highest BCUT2D eigenvalue weighted by Gasteiger charge is 2.12. The van der Waals surface area contributed by atoms with Crippen molar-refractivity contribution < 1.29 is 4.74 Å². The Labute approximate surface area is 136 Å². The average Bonchev–Trinajstić information content (AvgIpc) is 2.46. The summed E-state index contributed by atoms with van der Waals surface area (Å²) in [7, 11) is 1.63. The van der Waals surface area contributed by atoms with Crippen molar-refractivity contribution in [3.8, 4) is 17.1 Å². The van der Waals surface area contributed by atoms with Crippen LogP contribution in [0.4, 0.5) is 0 Å². The molecule has 3 nitrogen and oxygen atoms in total. The van der Waals surface area contributed by atoms with E-state index in [0.29, 0.717) is 11.0 Å². The predicted octanol–water partition coefficient (Wildman–Crippen LogP) is 5.03. The van der Waals surface area contributed by atoms with Crippen molar-refractivity contribution in [2.24, 2.45) is 0 Å². The van der Waals surface area contributed by atoms with Crippen molar-refractivity contribution in [3.63, 3.8) is 0 Å². The van der Waals surface area contributed by atoms with E-state index in [4.69, 9.17) is 16.3 Å². The first kappa shape index (κ1) is 14.3. The number of halogens is 2. The van der Waals surface area contributed by atoms with Gasteiger partial charge in [-0.2, -0.15) is 0 Å². The summed E-state index contributed by atoms with van der Waals surface area (Å²) in [6.45, 7) is 2.02. The van der Waals surface area contributed by atoms with E-state index < -0.39 is 0 Å². The second-order valence-electron chi connectivity index (χ2n) is 4.70. The minimum atomic E-state index is 0.436. The number of methoxy groups -OCH3 is 1. The smallest absolute Gasteiger partial charge is 0.165 e. The van der Waals surface area contributed by atoms with Crippen LogP contribution in [0.5, 0.6) is 5.75 Å². The maximum atomic E-state index is 6.29. The molecule has 0 bridgehead atoms. The molecule has 5 heteroatoms. The number of aryl methyl sites for hydroxylation is 1. The fraction of sp³-hybridized carbons (Fsp3) is 0.125. The van der Waals surface area contributed by atoms with Crippen LogP contribution in [0.25, 0.3) is 22.3 Å². The highest BCUT2D eigenvalue weighted by Crippen LogP contribution is 2.32. The molecule has 0 aliphatic heterocycles. The molecule has 3 rings (SSSR count). The van der Waals surface area contributed by atoms with Crippen LogP contribution in [0, 0.1) is 6.92 Å². The van der Waals surface area contributed by atoms with Crippen molar-refractivity contribution in [1.82, 2.24) is 9.97 Å². The lowest BCUT2D eigenvalue weighted by Crippen LogP contribution is -1.95. The molecule has 0 amide bonds. The van der Waals surface area contributed by atoms with Crippen molar-refractivity contribution >= 4 is 38.4 Å². The second kappa shape index (κ2) is 5.62. The molecule has 106 valence electrons. The quantitative estimate of drug-likeness (QED) is 0.599. The van der Waals surface area contributed by atoms with Crippen molar-refractivity contribution in [2.75, 3.05) is 7.11 Å². The van der Waals surface area contributed by atoms with Gasteiger partial charge in [0.15, 0.2) is 5.82 Å². The number of ether oxygens (including phenoxy) is 1. The van der Waals surface area contributed by atoms with E-state index in [1.165, 1.54) is 0 Å². The van der Waals surface area contributed by atoms with Crippen LogP contribution in [0.2, 0.25) is 5.15 Å². The van der Waals surface area contributed by atoms with Gasteiger partial charge < -0.3 is 4.74 Å². The Morgan fingerprint density at radius 2 is 1.90 bits per heavy atom. The molecule has 3 aromatic rings. The van der Waals surface area contributed by atoms with Gasteiger partial charge in [0.25, 0.3) is 0 Å². The molecule has 0 aliphatic carbocycles. The Morgan fingerprint density at radius 3 is 2.67 bits per heavy atom. The Morgan fingerprint density at radius 1 is 1.10 bits per heavy atom. The van der Waals surface area contributed by atoms with Gasteiger partial charge in [0, 0.05) is 9.86 Å². The van der Waals surface area contributed by atoms with Gasteiger partial charge in [0.1, 0.15) is 10.9 Å². The lowest BCUT2D eigenvalue weighted by Gasteiger charge is -2.10. The third-order valence-corrected chi connectivity index (χ3v) is 3.99. The van der Waals surface area contributed by atoms with E-state index in [-0.39, 0.29) is 0 Å². The number of hydrogen-bond donors (Lipinski definition) is 0. The first-order valence-electron chi connectivity index (χ1n) is 6.36. The standard InChI is InChI=1S/C16H12BrClN2O/c1-9-3-6-14(21-2)12(7-9)16-19-13-8-10(17)4-5-11(13)15(18)20-16/h3-8H,1-2H3. The van der Waals surface area contributed by atoms with E-state index in [1.807, 2.05) is 43.3 Å². The van der Waals surface area contributed by atoms with Crippen molar-refractivity contribution in [3.05, 3.63) is 51.6 Å². The number of benzene rings is 2. The molecule has 0 unspecified atom stereocenters. The van der Waals surface area contributed by atoms with E-state index in [2.05, 4.69) is 25.9 Å². The molecule has 0 fully saturated rings. The highest BCUT2D eigenvalue weighted by molar-refractivity contribution is 9.10. The Kier molecular flexibility index (Phi) is 3.83. The Hall–Kier alpha value is -1.65. The topological polar surface area (TPSA) is 35.0 Å². The van der Waals surface area contributed by atoms with Gasteiger partial charge in [-0.25, -0.2) is 9.97 Å². The van der Waals surface area contributed by atoms with Crippen LogP contribution in [-0.4, -0.2) is 17.1 Å². The molecule has 1 aromatic heterocycles. The lowest BCUT2D eigenvalue weighted by molar-refractivity contribution is 0.416. The molecular weight excluding hydrogens is 352 g/mol. The molecule has 0 radical (unpaired) electrons. The molecule has 0 saturated heterocycles. The fourth-order valence-corrected chi connectivity index (χ4v) is 2.77. The molecule has 0 N–H and O–H groups in total. The minimum absolute atomic E-state index is 0.436. The van der Waals surface area contributed by atoms with Crippen LogP contribution >= 0.6 is 27.5 Å². The predicted molar refractivity (Wildman–Crippen MR) is 89.0 cm³/mol. The summed E-state index contributed by atoms with van der Waals surface area (Å²) >= 11 is 9.74. The van der Waals surface area contributed by atoms with E-state index in [1.54, 1.807) is 7.11 Å². The van der Waals surface area contributed by atoms with Crippen LogP contribution in [0.3, 0.4) is 0 Å². The third-order valence-electron chi connectivity index (χ3n) is 3.21. The van der Waals surface area contributed by atoms with Crippen LogP contribution in [-0.2, 0) is 0 Å². The molecule has 1 heterocycles. The number of rotatable bonds is 2. The van der Waals surface area contributed by atoms with Crippen LogP contribution in [0.1, 0.15) is 5.56 Å². The average molecular weight is 364 g/mol. The largest absolute Gasteiger partial charge is 0.496 e. The molecule has 2 aromatic carbocycles. The van der Waals surface area contributed by atoms with Gasteiger partial charge in [-0.1, -0.05) is 39.2 Å². The van der Waals surface area contributed by atoms with E-state index in [0.717, 1.165) is 32.3 Å². The maximum absolute atomic E-state index is 6.29. The molecule has 0 saturated carbocycles. The van der Waals surface area contributed by atoms with Gasteiger partial charge in [0.05, 0.1) is 18.2 Å². The summed E-state index contributed by atoms with van der Waals surface area (Å²) in [4.78, 5) is 9.02. The molecule has 21 heavy (non-hydrogen) atoms. The third kappa shape index (κ3) is 2.74. The Bertz CT molecular complexity index is 836. The highest BCUT2D eigenvalue weighted by atomic mass is 79.9. The SMILES string of the molecule is COc1ccc(C)cc1-c1nc(Cl)c2ccc(Br)cc2n1. The maximum Gasteiger partial charge on any atom is 0.165 e. The number of nitrogens with zero attached hydrogens (tertiary/aromatic N) is 2. The number of hydrogen-bond acceptors (Lipinski definition) is 3. The molecule has 0 aliphatic rings. The summed E-state index contributed by atoms with van der Waals surface area (Å²) in [5.74, 6) is 1.29. The lowest BCUT2D eigenvalue weighted by atomic mass is 10.1.